The zero-order valence-corrected chi connectivity index (χ0v) is 6.32. The SMILES string of the molecule is O=C(O)O.OCCC(O)C(F)(F)F. The molecule has 0 saturated carbocycles. The van der Waals surface area contributed by atoms with E-state index in [4.69, 9.17) is 25.2 Å². The van der Waals surface area contributed by atoms with Gasteiger partial charge in [0.15, 0.2) is 6.10 Å². The number of aliphatic hydroxyl groups excluding tert-OH is 2. The lowest BCUT2D eigenvalue weighted by Gasteiger charge is -2.11. The van der Waals surface area contributed by atoms with Crippen LogP contribution in [0.25, 0.3) is 0 Å². The van der Waals surface area contributed by atoms with Gasteiger partial charge in [-0.25, -0.2) is 4.79 Å². The van der Waals surface area contributed by atoms with Crippen LogP contribution < -0.4 is 0 Å². The highest BCUT2D eigenvalue weighted by Crippen LogP contribution is 2.21. The first-order chi connectivity index (χ1) is 5.71. The average molecular weight is 206 g/mol. The molecule has 5 nitrogen and oxygen atoms in total. The van der Waals surface area contributed by atoms with E-state index in [1.807, 2.05) is 0 Å². The van der Waals surface area contributed by atoms with Crippen LogP contribution in [0.4, 0.5) is 18.0 Å². The lowest BCUT2D eigenvalue weighted by Crippen LogP contribution is -2.29. The van der Waals surface area contributed by atoms with Crippen molar-refractivity contribution in [1.29, 1.82) is 0 Å². The third-order valence-electron chi connectivity index (χ3n) is 0.780. The second-order valence-electron chi connectivity index (χ2n) is 1.85. The summed E-state index contributed by atoms with van der Waals surface area (Å²) in [6.45, 7) is -0.652. The lowest BCUT2D eigenvalue weighted by molar-refractivity contribution is -0.207. The third-order valence-corrected chi connectivity index (χ3v) is 0.780. The summed E-state index contributed by atoms with van der Waals surface area (Å²) in [5.74, 6) is 0. The summed E-state index contributed by atoms with van der Waals surface area (Å²) in [4.78, 5) is 8.56. The van der Waals surface area contributed by atoms with Crippen molar-refractivity contribution < 1.29 is 38.4 Å². The molecule has 0 aromatic rings. The molecule has 0 aromatic carbocycles. The van der Waals surface area contributed by atoms with E-state index in [2.05, 4.69) is 0 Å². The Kier molecular flexibility index (Phi) is 7.24. The second kappa shape index (κ2) is 6.49. The van der Waals surface area contributed by atoms with Gasteiger partial charge in [-0.3, -0.25) is 0 Å². The largest absolute Gasteiger partial charge is 0.503 e. The topological polar surface area (TPSA) is 98.0 Å². The van der Waals surface area contributed by atoms with E-state index >= 15 is 0 Å². The Morgan fingerprint density at radius 2 is 1.62 bits per heavy atom. The van der Waals surface area contributed by atoms with Gasteiger partial charge in [-0.15, -0.1) is 0 Å². The molecule has 0 amide bonds. The molecule has 1 atom stereocenters. The molecule has 4 N–H and O–H groups in total. The minimum atomic E-state index is -4.59. The van der Waals surface area contributed by atoms with Gasteiger partial charge in [0.05, 0.1) is 0 Å². The van der Waals surface area contributed by atoms with Crippen LogP contribution in [0.5, 0.6) is 0 Å². The molecule has 0 aromatic heterocycles. The monoisotopic (exact) mass is 206 g/mol. The summed E-state index contributed by atoms with van der Waals surface area (Å²) < 4.78 is 33.8. The fourth-order valence-corrected chi connectivity index (χ4v) is 0.286. The first kappa shape index (κ1) is 14.5. The molecule has 8 heteroatoms. The molecule has 80 valence electrons. The summed E-state index contributed by atoms with van der Waals surface area (Å²) in [6, 6.07) is 0. The second-order valence-corrected chi connectivity index (χ2v) is 1.85. The van der Waals surface area contributed by atoms with E-state index in [0.29, 0.717) is 0 Å². The number of halogens is 3. The normalized spacial score (nSPS) is 12.7. The van der Waals surface area contributed by atoms with Gasteiger partial charge in [-0.1, -0.05) is 0 Å². The minimum absolute atomic E-state index is 0.649. The van der Waals surface area contributed by atoms with Crippen LogP contribution in [0.2, 0.25) is 0 Å². The molecule has 0 rings (SSSR count). The fraction of sp³-hybridized carbons (Fsp3) is 0.800. The highest BCUT2D eigenvalue weighted by molar-refractivity contribution is 5.53. The number of carbonyl (C=O) groups is 1. The Morgan fingerprint density at radius 3 is 1.69 bits per heavy atom. The molecule has 0 aliphatic rings. The number of carboxylic acid groups (broad SMARTS) is 2. The Bertz CT molecular complexity index is 142. The maximum absolute atomic E-state index is 11.3. The predicted octanol–water partition coefficient (Wildman–Crippen LogP) is 0.514. The maximum Gasteiger partial charge on any atom is 0.503 e. The number of aliphatic hydroxyl groups is 2. The molecule has 0 aliphatic heterocycles. The molecule has 0 heterocycles. The van der Waals surface area contributed by atoms with Crippen LogP contribution in [-0.4, -0.2) is 45.5 Å². The summed E-state index contributed by atoms with van der Waals surface area (Å²) in [5, 5.41) is 30.0. The van der Waals surface area contributed by atoms with E-state index in [-0.39, 0.29) is 0 Å². The van der Waals surface area contributed by atoms with Crippen molar-refractivity contribution in [2.75, 3.05) is 6.61 Å². The molecule has 0 aliphatic carbocycles. The molecule has 0 fully saturated rings. The van der Waals surface area contributed by atoms with Gasteiger partial charge < -0.3 is 20.4 Å². The first-order valence-electron chi connectivity index (χ1n) is 2.99. The van der Waals surface area contributed by atoms with Crippen LogP contribution in [0.1, 0.15) is 6.42 Å². The quantitative estimate of drug-likeness (QED) is 0.527. The summed E-state index contributed by atoms with van der Waals surface area (Å²) in [6.07, 6.45) is -9.46. The van der Waals surface area contributed by atoms with Crippen molar-refractivity contribution in [1.82, 2.24) is 0 Å². The van der Waals surface area contributed by atoms with Crippen molar-refractivity contribution in [3.8, 4) is 0 Å². The van der Waals surface area contributed by atoms with Gasteiger partial charge in [0.25, 0.3) is 0 Å². The Labute approximate surface area is 71.0 Å². The van der Waals surface area contributed by atoms with Gasteiger partial charge >= 0.3 is 12.3 Å². The van der Waals surface area contributed by atoms with Crippen LogP contribution in [0, 0.1) is 0 Å². The fourth-order valence-electron chi connectivity index (χ4n) is 0.286. The van der Waals surface area contributed by atoms with Gasteiger partial charge in [-0.05, 0) is 0 Å². The molecule has 0 spiro atoms. The standard InChI is InChI=1S/C4H7F3O2.CH2O3/c5-4(6,7)3(9)1-2-8;2-1(3)4/h3,8-9H,1-2H2;(H2,2,3,4). The highest BCUT2D eigenvalue weighted by atomic mass is 19.4. The van der Waals surface area contributed by atoms with Crippen LogP contribution in [-0.2, 0) is 0 Å². The zero-order chi connectivity index (χ0) is 11.1. The average Bonchev–Trinajstić information content (AvgIpc) is 1.84. The molecule has 13 heavy (non-hydrogen) atoms. The van der Waals surface area contributed by atoms with Crippen molar-refractivity contribution in [3.05, 3.63) is 0 Å². The smallest absolute Gasteiger partial charge is 0.450 e. The van der Waals surface area contributed by atoms with Crippen LogP contribution in [0.15, 0.2) is 0 Å². The summed E-state index contributed by atoms with van der Waals surface area (Å²) >= 11 is 0. The minimum Gasteiger partial charge on any atom is -0.450 e. The van der Waals surface area contributed by atoms with E-state index in [1.165, 1.54) is 0 Å². The van der Waals surface area contributed by atoms with Crippen molar-refractivity contribution in [2.24, 2.45) is 0 Å². The predicted molar refractivity (Wildman–Crippen MR) is 34.4 cm³/mol. The van der Waals surface area contributed by atoms with Crippen LogP contribution in [0.3, 0.4) is 0 Å². The Balaban J connectivity index is 0. The Morgan fingerprint density at radius 1 is 1.31 bits per heavy atom. The maximum atomic E-state index is 11.3. The third kappa shape index (κ3) is 13.9. The number of alkyl halides is 3. The molecular formula is C5H9F3O5. The lowest BCUT2D eigenvalue weighted by atomic mass is 10.2. The van der Waals surface area contributed by atoms with Crippen molar-refractivity contribution in [2.45, 2.75) is 18.7 Å². The van der Waals surface area contributed by atoms with E-state index < -0.39 is 31.5 Å². The van der Waals surface area contributed by atoms with Gasteiger partial charge in [0.1, 0.15) is 0 Å². The van der Waals surface area contributed by atoms with Crippen molar-refractivity contribution >= 4 is 6.16 Å². The Hall–Kier alpha value is -1.02. The summed E-state index contributed by atoms with van der Waals surface area (Å²) in [7, 11) is 0. The van der Waals surface area contributed by atoms with Gasteiger partial charge in [0, 0.05) is 13.0 Å². The molecule has 0 saturated heterocycles. The van der Waals surface area contributed by atoms with Gasteiger partial charge in [0.2, 0.25) is 0 Å². The number of hydrogen-bond acceptors (Lipinski definition) is 3. The molecular weight excluding hydrogens is 197 g/mol. The van der Waals surface area contributed by atoms with E-state index in [0.717, 1.165) is 0 Å². The summed E-state index contributed by atoms with van der Waals surface area (Å²) in [5.41, 5.74) is 0. The first-order valence-corrected chi connectivity index (χ1v) is 2.99. The number of hydrogen-bond donors (Lipinski definition) is 4. The zero-order valence-electron chi connectivity index (χ0n) is 6.32. The molecule has 0 radical (unpaired) electrons. The highest BCUT2D eigenvalue weighted by Gasteiger charge is 2.37. The number of rotatable bonds is 2. The van der Waals surface area contributed by atoms with E-state index in [1.54, 1.807) is 0 Å². The van der Waals surface area contributed by atoms with Gasteiger partial charge in [-0.2, -0.15) is 13.2 Å². The molecule has 0 bridgehead atoms. The van der Waals surface area contributed by atoms with Crippen molar-refractivity contribution in [3.63, 3.8) is 0 Å². The molecule has 1 unspecified atom stereocenters. The van der Waals surface area contributed by atoms with Crippen LogP contribution >= 0.6 is 0 Å². The van der Waals surface area contributed by atoms with E-state index in [9.17, 15) is 13.2 Å².